The molecule has 0 spiro atoms. The third kappa shape index (κ3) is 2.69. The number of amides is 1. The lowest BCUT2D eigenvalue weighted by Gasteiger charge is -2.14. The van der Waals surface area contributed by atoms with Gasteiger partial charge in [0.15, 0.2) is 5.82 Å². The molecule has 6 nitrogen and oxygen atoms in total. The lowest BCUT2D eigenvalue weighted by atomic mass is 9.95. The summed E-state index contributed by atoms with van der Waals surface area (Å²) in [4.78, 5) is 23.0. The van der Waals surface area contributed by atoms with E-state index in [9.17, 15) is 14.0 Å². The number of halogens is 1. The number of nitrogens with one attached hydrogen (secondary N) is 1. The molecule has 114 valence electrons. The molecule has 0 unspecified atom stereocenters. The van der Waals surface area contributed by atoms with Crippen molar-refractivity contribution in [1.82, 2.24) is 9.78 Å². The second-order valence-electron chi connectivity index (χ2n) is 5.34. The fourth-order valence-electron chi connectivity index (χ4n) is 2.45. The minimum Gasteiger partial charge on any atom is -0.480 e. The van der Waals surface area contributed by atoms with Crippen LogP contribution in [0.5, 0.6) is 0 Å². The van der Waals surface area contributed by atoms with Gasteiger partial charge >= 0.3 is 5.97 Å². The lowest BCUT2D eigenvalue weighted by Crippen LogP contribution is -2.28. The van der Waals surface area contributed by atoms with E-state index in [1.165, 1.54) is 29.1 Å². The molecule has 0 saturated heterocycles. The van der Waals surface area contributed by atoms with Crippen LogP contribution in [0.1, 0.15) is 18.4 Å². The van der Waals surface area contributed by atoms with Crippen molar-refractivity contribution >= 4 is 17.7 Å². The predicted molar refractivity (Wildman–Crippen MR) is 75.8 cm³/mol. The molecule has 0 radical (unpaired) electrons. The zero-order valence-electron chi connectivity index (χ0n) is 11.6. The van der Waals surface area contributed by atoms with Crippen LogP contribution < -0.4 is 5.32 Å². The number of benzene rings is 1. The number of hydrogen-bond donors (Lipinski definition) is 2. The molecule has 1 aliphatic rings. The van der Waals surface area contributed by atoms with E-state index >= 15 is 0 Å². The fraction of sp³-hybridized carbons (Fsp3) is 0.267. The number of aromatic nitrogens is 2. The van der Waals surface area contributed by atoms with Crippen LogP contribution in [-0.4, -0.2) is 26.8 Å². The molecule has 1 heterocycles. The van der Waals surface area contributed by atoms with Gasteiger partial charge in [0.05, 0.1) is 5.41 Å². The fourth-order valence-corrected chi connectivity index (χ4v) is 2.45. The Hall–Kier alpha value is -2.70. The van der Waals surface area contributed by atoms with E-state index in [0.29, 0.717) is 18.4 Å². The second-order valence-corrected chi connectivity index (χ2v) is 5.34. The molecule has 0 aliphatic heterocycles. The molecule has 1 aliphatic carbocycles. The van der Waals surface area contributed by atoms with Gasteiger partial charge in [0.2, 0.25) is 5.91 Å². The minimum atomic E-state index is -1.01. The molecule has 1 fully saturated rings. The van der Waals surface area contributed by atoms with Gasteiger partial charge < -0.3 is 10.4 Å². The highest BCUT2D eigenvalue weighted by molar-refractivity contribution is 6.00. The first kappa shape index (κ1) is 14.2. The Kier molecular flexibility index (Phi) is 3.40. The topological polar surface area (TPSA) is 84.2 Å². The molecule has 1 saturated carbocycles. The third-order valence-electron chi connectivity index (χ3n) is 3.74. The van der Waals surface area contributed by atoms with Crippen LogP contribution in [0.2, 0.25) is 0 Å². The summed E-state index contributed by atoms with van der Waals surface area (Å²) in [5, 5.41) is 15.3. The van der Waals surface area contributed by atoms with Crippen molar-refractivity contribution in [3.63, 3.8) is 0 Å². The number of carboxylic acid groups (broad SMARTS) is 1. The van der Waals surface area contributed by atoms with Crippen LogP contribution >= 0.6 is 0 Å². The van der Waals surface area contributed by atoms with Gasteiger partial charge in [-0.3, -0.25) is 14.3 Å². The van der Waals surface area contributed by atoms with Gasteiger partial charge in [0.1, 0.15) is 12.4 Å². The molecule has 0 atom stereocenters. The smallest absolute Gasteiger partial charge is 0.325 e. The van der Waals surface area contributed by atoms with Crippen molar-refractivity contribution < 1.29 is 19.1 Å². The number of carboxylic acids is 1. The van der Waals surface area contributed by atoms with Crippen molar-refractivity contribution in [3.8, 4) is 0 Å². The third-order valence-corrected chi connectivity index (χ3v) is 3.74. The molecule has 22 heavy (non-hydrogen) atoms. The summed E-state index contributed by atoms with van der Waals surface area (Å²) in [6.45, 7) is -0.273. The lowest BCUT2D eigenvalue weighted by molar-refractivity contribution is -0.137. The van der Waals surface area contributed by atoms with E-state index in [1.54, 1.807) is 12.1 Å². The van der Waals surface area contributed by atoms with Gasteiger partial charge in [0, 0.05) is 12.3 Å². The van der Waals surface area contributed by atoms with Gasteiger partial charge in [-0.05, 0) is 30.5 Å². The van der Waals surface area contributed by atoms with Gasteiger partial charge in [-0.25, -0.2) is 4.39 Å². The van der Waals surface area contributed by atoms with E-state index in [4.69, 9.17) is 5.11 Å². The molecule has 0 bridgehead atoms. The van der Waals surface area contributed by atoms with Crippen LogP contribution in [-0.2, 0) is 21.5 Å². The predicted octanol–water partition coefficient (Wildman–Crippen LogP) is 1.78. The molecule has 1 aromatic carbocycles. The highest BCUT2D eigenvalue weighted by Gasteiger charge is 2.51. The maximum Gasteiger partial charge on any atom is 0.325 e. The molecule has 1 aromatic heterocycles. The molecular formula is C15H14FN3O3. The van der Waals surface area contributed by atoms with Gasteiger partial charge in [-0.1, -0.05) is 12.1 Å². The zero-order valence-corrected chi connectivity index (χ0v) is 11.6. The number of anilines is 1. The number of rotatable bonds is 5. The number of carbonyl (C=O) groups is 2. The quantitative estimate of drug-likeness (QED) is 0.882. The van der Waals surface area contributed by atoms with Gasteiger partial charge in [-0.15, -0.1) is 0 Å². The first-order chi connectivity index (χ1) is 10.5. The van der Waals surface area contributed by atoms with E-state index in [1.807, 2.05) is 0 Å². The second kappa shape index (κ2) is 5.25. The summed E-state index contributed by atoms with van der Waals surface area (Å²) in [7, 11) is 0. The van der Waals surface area contributed by atoms with Crippen LogP contribution in [0.25, 0.3) is 0 Å². The van der Waals surface area contributed by atoms with E-state index in [0.717, 1.165) is 0 Å². The van der Waals surface area contributed by atoms with Gasteiger partial charge in [0.25, 0.3) is 0 Å². The standard InChI is InChI=1S/C15H14FN3O3/c16-11-3-1-2-10(8-11)15(5-6-15)14(22)17-12-4-7-19(18-12)9-13(20)21/h1-4,7-8H,5-6,9H2,(H,20,21)(H,17,18,22). The highest BCUT2D eigenvalue weighted by atomic mass is 19.1. The average molecular weight is 303 g/mol. The summed E-state index contributed by atoms with van der Waals surface area (Å²) in [5.74, 6) is -1.35. The molecule has 2 aromatic rings. The van der Waals surface area contributed by atoms with Crippen molar-refractivity contribution in [2.75, 3.05) is 5.32 Å². The maximum atomic E-state index is 13.3. The van der Waals surface area contributed by atoms with E-state index in [2.05, 4.69) is 10.4 Å². The summed E-state index contributed by atoms with van der Waals surface area (Å²) < 4.78 is 14.6. The first-order valence-corrected chi connectivity index (χ1v) is 6.82. The van der Waals surface area contributed by atoms with Crippen LogP contribution in [0.4, 0.5) is 10.2 Å². The van der Waals surface area contributed by atoms with Crippen LogP contribution in [0.3, 0.4) is 0 Å². The Labute approximate surface area is 125 Å². The Bertz CT molecular complexity index is 737. The number of hydrogen-bond acceptors (Lipinski definition) is 3. The van der Waals surface area contributed by atoms with E-state index in [-0.39, 0.29) is 24.1 Å². The Morgan fingerprint density at radius 2 is 2.14 bits per heavy atom. The Morgan fingerprint density at radius 3 is 2.77 bits per heavy atom. The molecule has 3 rings (SSSR count). The van der Waals surface area contributed by atoms with Crippen molar-refractivity contribution in [3.05, 3.63) is 47.9 Å². The van der Waals surface area contributed by atoms with Crippen molar-refractivity contribution in [2.24, 2.45) is 0 Å². The largest absolute Gasteiger partial charge is 0.480 e. The molecular weight excluding hydrogens is 289 g/mol. The summed E-state index contributed by atoms with van der Waals surface area (Å²) in [6, 6.07) is 7.56. The zero-order chi connectivity index (χ0) is 15.7. The summed E-state index contributed by atoms with van der Waals surface area (Å²) >= 11 is 0. The van der Waals surface area contributed by atoms with Crippen molar-refractivity contribution in [1.29, 1.82) is 0 Å². The summed E-state index contributed by atoms with van der Waals surface area (Å²) in [6.07, 6.45) is 2.78. The average Bonchev–Trinajstić information content (AvgIpc) is 3.16. The SMILES string of the molecule is O=C(O)Cn1ccc(NC(=O)C2(c3cccc(F)c3)CC2)n1. The summed E-state index contributed by atoms with van der Waals surface area (Å²) in [5.41, 5.74) is -0.0615. The van der Waals surface area contributed by atoms with Gasteiger partial charge in [-0.2, -0.15) is 5.10 Å². The monoisotopic (exact) mass is 303 g/mol. The Morgan fingerprint density at radius 1 is 1.36 bits per heavy atom. The molecule has 1 amide bonds. The maximum absolute atomic E-state index is 13.3. The normalized spacial score (nSPS) is 15.3. The Balaban J connectivity index is 1.74. The minimum absolute atomic E-state index is 0.251. The molecule has 2 N–H and O–H groups in total. The molecule has 7 heteroatoms. The van der Waals surface area contributed by atoms with Crippen molar-refractivity contribution in [2.45, 2.75) is 24.8 Å². The first-order valence-electron chi connectivity index (χ1n) is 6.82. The van der Waals surface area contributed by atoms with Crippen LogP contribution in [0.15, 0.2) is 36.5 Å². The van der Waals surface area contributed by atoms with E-state index < -0.39 is 11.4 Å². The van der Waals surface area contributed by atoms with Crippen LogP contribution in [0, 0.1) is 5.82 Å². The number of carbonyl (C=O) groups excluding carboxylic acids is 1. The number of aliphatic carboxylic acids is 1. The highest BCUT2D eigenvalue weighted by Crippen LogP contribution is 2.49. The number of nitrogens with zero attached hydrogens (tertiary/aromatic N) is 2.